The van der Waals surface area contributed by atoms with Crippen LogP contribution in [0.5, 0.6) is 0 Å². The Morgan fingerprint density at radius 1 is 1.57 bits per heavy atom. The van der Waals surface area contributed by atoms with Crippen molar-refractivity contribution < 1.29 is 14.3 Å². The summed E-state index contributed by atoms with van der Waals surface area (Å²) in [5, 5.41) is 8.92. The number of carbonyl (C=O) groups is 1. The second kappa shape index (κ2) is 7.36. The van der Waals surface area contributed by atoms with Crippen molar-refractivity contribution in [2.24, 2.45) is 11.8 Å². The van der Waals surface area contributed by atoms with Crippen molar-refractivity contribution >= 4 is 21.9 Å². The zero-order valence-corrected chi connectivity index (χ0v) is 13.8. The largest absolute Gasteiger partial charge is 0.481 e. The molecule has 1 saturated heterocycles. The Morgan fingerprint density at radius 3 is 3.05 bits per heavy atom. The smallest absolute Gasteiger partial charge is 0.303 e. The van der Waals surface area contributed by atoms with E-state index in [-0.39, 0.29) is 18.2 Å². The van der Waals surface area contributed by atoms with Crippen molar-refractivity contribution in [3.8, 4) is 0 Å². The van der Waals surface area contributed by atoms with Gasteiger partial charge in [0.2, 0.25) is 0 Å². The van der Waals surface area contributed by atoms with Crippen LogP contribution in [0.25, 0.3) is 0 Å². The van der Waals surface area contributed by atoms with Gasteiger partial charge in [-0.05, 0) is 55.0 Å². The minimum atomic E-state index is -0.729. The lowest BCUT2D eigenvalue weighted by atomic mass is 9.84. The average molecular weight is 358 g/mol. The molecule has 0 aromatic heterocycles. The Morgan fingerprint density at radius 2 is 2.33 bits per heavy atom. The van der Waals surface area contributed by atoms with Gasteiger partial charge < -0.3 is 5.11 Å². The number of piperidine rings is 1. The molecule has 116 valence electrons. The van der Waals surface area contributed by atoms with E-state index in [1.54, 1.807) is 12.1 Å². The highest BCUT2D eigenvalue weighted by Gasteiger charge is 2.26. The molecule has 2 rings (SSSR count). The van der Waals surface area contributed by atoms with Crippen molar-refractivity contribution in [3.63, 3.8) is 0 Å². The molecule has 1 aromatic rings. The molecule has 0 bridgehead atoms. The third-order valence-corrected chi connectivity index (χ3v) is 5.02. The maximum absolute atomic E-state index is 13.3. The molecule has 0 saturated carbocycles. The van der Waals surface area contributed by atoms with E-state index in [1.165, 1.54) is 6.07 Å². The van der Waals surface area contributed by atoms with E-state index in [0.29, 0.717) is 12.5 Å². The molecule has 1 aromatic carbocycles. The van der Waals surface area contributed by atoms with E-state index in [1.807, 2.05) is 6.92 Å². The lowest BCUT2D eigenvalue weighted by molar-refractivity contribution is -0.138. The van der Waals surface area contributed by atoms with Gasteiger partial charge in [-0.15, -0.1) is 0 Å². The van der Waals surface area contributed by atoms with Gasteiger partial charge in [-0.1, -0.05) is 22.9 Å². The number of aliphatic carboxylic acids is 1. The number of carboxylic acids is 1. The number of rotatable bonds is 5. The van der Waals surface area contributed by atoms with Gasteiger partial charge in [0.05, 0.1) is 0 Å². The predicted octanol–water partition coefficient (Wildman–Crippen LogP) is 3.91. The van der Waals surface area contributed by atoms with Crippen molar-refractivity contribution in [1.82, 2.24) is 4.90 Å². The molecule has 1 N–H and O–H groups in total. The molecule has 3 nitrogen and oxygen atoms in total. The molecule has 1 heterocycles. The standard InChI is InChI=1S/C16H21BrFNO2/c1-11(7-16(20)21)12-3-2-6-19(9-12)10-13-8-14(18)4-5-15(13)17/h4-5,8,11-12H,2-3,6-7,9-10H2,1H3,(H,20,21). The quantitative estimate of drug-likeness (QED) is 0.868. The minimum Gasteiger partial charge on any atom is -0.481 e. The molecule has 21 heavy (non-hydrogen) atoms. The summed E-state index contributed by atoms with van der Waals surface area (Å²) in [6, 6.07) is 4.75. The fraction of sp³-hybridized carbons (Fsp3) is 0.562. The summed E-state index contributed by atoms with van der Waals surface area (Å²) in [7, 11) is 0. The highest BCUT2D eigenvalue weighted by Crippen LogP contribution is 2.28. The van der Waals surface area contributed by atoms with Crippen molar-refractivity contribution in [2.75, 3.05) is 13.1 Å². The first-order valence-electron chi connectivity index (χ1n) is 7.33. The predicted molar refractivity (Wildman–Crippen MR) is 83.5 cm³/mol. The first kappa shape index (κ1) is 16.4. The first-order valence-corrected chi connectivity index (χ1v) is 8.13. The van der Waals surface area contributed by atoms with Gasteiger partial charge in [0.15, 0.2) is 0 Å². The summed E-state index contributed by atoms with van der Waals surface area (Å²) in [4.78, 5) is 13.1. The summed E-state index contributed by atoms with van der Waals surface area (Å²) in [5.74, 6) is -0.364. The van der Waals surface area contributed by atoms with E-state index in [4.69, 9.17) is 5.11 Å². The summed E-state index contributed by atoms with van der Waals surface area (Å²) >= 11 is 3.46. The molecular formula is C16H21BrFNO2. The molecule has 2 unspecified atom stereocenters. The summed E-state index contributed by atoms with van der Waals surface area (Å²) in [6.45, 7) is 4.59. The fourth-order valence-corrected chi connectivity index (χ4v) is 3.42. The van der Waals surface area contributed by atoms with Gasteiger partial charge in [-0.25, -0.2) is 4.39 Å². The van der Waals surface area contributed by atoms with E-state index < -0.39 is 5.97 Å². The second-order valence-corrected chi connectivity index (χ2v) is 6.80. The van der Waals surface area contributed by atoms with Crippen LogP contribution in [0, 0.1) is 17.7 Å². The van der Waals surface area contributed by atoms with E-state index >= 15 is 0 Å². The normalized spacial score (nSPS) is 21.2. The van der Waals surface area contributed by atoms with Gasteiger partial charge in [-0.2, -0.15) is 0 Å². The average Bonchev–Trinajstić information content (AvgIpc) is 2.42. The monoisotopic (exact) mass is 357 g/mol. The number of carboxylic acid groups (broad SMARTS) is 1. The van der Waals surface area contributed by atoms with Gasteiger partial charge in [0.25, 0.3) is 0 Å². The molecule has 5 heteroatoms. The SMILES string of the molecule is CC(CC(=O)O)C1CCCN(Cc2cc(F)ccc2Br)C1. The van der Waals surface area contributed by atoms with Crippen LogP contribution in [0.15, 0.2) is 22.7 Å². The van der Waals surface area contributed by atoms with Crippen LogP contribution in [-0.2, 0) is 11.3 Å². The van der Waals surface area contributed by atoms with Crippen LogP contribution in [0.4, 0.5) is 4.39 Å². The number of hydrogen-bond acceptors (Lipinski definition) is 2. The Labute approximate surface area is 133 Å². The van der Waals surface area contributed by atoms with Gasteiger partial charge in [0.1, 0.15) is 5.82 Å². The Balaban J connectivity index is 1.98. The van der Waals surface area contributed by atoms with Crippen LogP contribution in [0.2, 0.25) is 0 Å². The number of halogens is 2. The van der Waals surface area contributed by atoms with Gasteiger partial charge in [0, 0.05) is 24.0 Å². The third kappa shape index (κ3) is 4.78. The summed E-state index contributed by atoms with van der Waals surface area (Å²) in [6.07, 6.45) is 2.37. The number of likely N-dealkylation sites (tertiary alicyclic amines) is 1. The zero-order valence-electron chi connectivity index (χ0n) is 12.2. The Kier molecular flexibility index (Phi) is 5.76. The Bertz CT molecular complexity index is 509. The molecule has 1 aliphatic heterocycles. The fourth-order valence-electron chi connectivity index (χ4n) is 3.05. The highest BCUT2D eigenvalue weighted by atomic mass is 79.9. The van der Waals surface area contributed by atoms with Crippen molar-refractivity contribution in [1.29, 1.82) is 0 Å². The number of hydrogen-bond donors (Lipinski definition) is 1. The maximum Gasteiger partial charge on any atom is 0.303 e. The van der Waals surface area contributed by atoms with E-state index in [2.05, 4.69) is 20.8 Å². The van der Waals surface area contributed by atoms with Crippen LogP contribution in [-0.4, -0.2) is 29.1 Å². The van der Waals surface area contributed by atoms with Crippen LogP contribution >= 0.6 is 15.9 Å². The topological polar surface area (TPSA) is 40.5 Å². The Hall–Kier alpha value is -0.940. The summed E-state index contributed by atoms with van der Waals surface area (Å²) < 4.78 is 14.3. The van der Waals surface area contributed by atoms with E-state index in [0.717, 1.165) is 36.0 Å². The molecule has 0 aliphatic carbocycles. The molecule has 1 aliphatic rings. The van der Waals surface area contributed by atoms with Crippen LogP contribution in [0.3, 0.4) is 0 Å². The first-order chi connectivity index (χ1) is 9.95. The minimum absolute atomic E-state index is 0.182. The molecule has 0 amide bonds. The van der Waals surface area contributed by atoms with Gasteiger partial charge in [-0.3, -0.25) is 9.69 Å². The van der Waals surface area contributed by atoms with E-state index in [9.17, 15) is 9.18 Å². The second-order valence-electron chi connectivity index (χ2n) is 5.95. The van der Waals surface area contributed by atoms with Crippen molar-refractivity contribution in [3.05, 3.63) is 34.1 Å². The van der Waals surface area contributed by atoms with Crippen LogP contribution in [0.1, 0.15) is 31.7 Å². The lowest BCUT2D eigenvalue weighted by Crippen LogP contribution is -2.38. The molecule has 1 fully saturated rings. The van der Waals surface area contributed by atoms with Gasteiger partial charge >= 0.3 is 5.97 Å². The molecular weight excluding hydrogens is 337 g/mol. The third-order valence-electron chi connectivity index (χ3n) is 4.25. The molecule has 2 atom stereocenters. The number of benzene rings is 1. The number of nitrogens with zero attached hydrogens (tertiary/aromatic N) is 1. The van der Waals surface area contributed by atoms with Crippen LogP contribution < -0.4 is 0 Å². The zero-order chi connectivity index (χ0) is 15.4. The highest BCUT2D eigenvalue weighted by molar-refractivity contribution is 9.10. The summed E-state index contributed by atoms with van der Waals surface area (Å²) in [5.41, 5.74) is 0.946. The molecule has 0 radical (unpaired) electrons. The van der Waals surface area contributed by atoms with Crippen molar-refractivity contribution in [2.45, 2.75) is 32.7 Å². The lowest BCUT2D eigenvalue weighted by Gasteiger charge is -2.35. The maximum atomic E-state index is 13.3. The molecule has 0 spiro atoms.